The van der Waals surface area contributed by atoms with Crippen molar-refractivity contribution in [1.29, 1.82) is 0 Å². The first-order chi connectivity index (χ1) is 9.19. The SMILES string of the molecule is C=C/C(=C(\C=C/C)n1nnc2ccccc21)C(C)C. The first-order valence-corrected chi connectivity index (χ1v) is 6.49. The van der Waals surface area contributed by atoms with Gasteiger partial charge in [0, 0.05) is 0 Å². The van der Waals surface area contributed by atoms with Crippen molar-refractivity contribution in [3.8, 4) is 0 Å². The molecule has 0 radical (unpaired) electrons. The molecule has 0 fully saturated rings. The second-order valence-electron chi connectivity index (χ2n) is 4.69. The predicted octanol–water partition coefficient (Wildman–Crippen LogP) is 4.06. The molecule has 3 nitrogen and oxygen atoms in total. The highest BCUT2D eigenvalue weighted by atomic mass is 15.4. The van der Waals surface area contributed by atoms with Crippen molar-refractivity contribution < 1.29 is 0 Å². The van der Waals surface area contributed by atoms with E-state index in [1.54, 1.807) is 0 Å². The van der Waals surface area contributed by atoms with Gasteiger partial charge < -0.3 is 0 Å². The summed E-state index contributed by atoms with van der Waals surface area (Å²) in [7, 11) is 0. The molecule has 0 bridgehead atoms. The molecule has 2 rings (SSSR count). The number of nitrogens with zero attached hydrogens (tertiary/aromatic N) is 3. The van der Waals surface area contributed by atoms with Gasteiger partial charge in [-0.2, -0.15) is 0 Å². The second kappa shape index (κ2) is 5.65. The highest BCUT2D eigenvalue weighted by molar-refractivity contribution is 5.80. The monoisotopic (exact) mass is 253 g/mol. The predicted molar refractivity (Wildman–Crippen MR) is 80.6 cm³/mol. The summed E-state index contributed by atoms with van der Waals surface area (Å²) in [6, 6.07) is 7.96. The molecule has 2 aromatic rings. The van der Waals surface area contributed by atoms with Gasteiger partial charge >= 0.3 is 0 Å². The van der Waals surface area contributed by atoms with Crippen LogP contribution in [0.15, 0.2) is 54.6 Å². The summed E-state index contributed by atoms with van der Waals surface area (Å²) in [4.78, 5) is 0. The minimum atomic E-state index is 0.381. The van der Waals surface area contributed by atoms with Gasteiger partial charge in [0.05, 0.1) is 11.2 Å². The normalized spacial score (nSPS) is 13.3. The lowest BCUT2D eigenvalue weighted by Crippen LogP contribution is -2.04. The van der Waals surface area contributed by atoms with Crippen LogP contribution >= 0.6 is 0 Å². The largest absolute Gasteiger partial charge is 0.213 e. The van der Waals surface area contributed by atoms with E-state index in [-0.39, 0.29) is 0 Å². The lowest BCUT2D eigenvalue weighted by molar-refractivity contribution is 0.769. The zero-order valence-corrected chi connectivity index (χ0v) is 11.7. The molecule has 1 aromatic carbocycles. The zero-order chi connectivity index (χ0) is 13.8. The molecule has 0 spiro atoms. The van der Waals surface area contributed by atoms with Crippen molar-refractivity contribution in [3.63, 3.8) is 0 Å². The number of rotatable bonds is 4. The average Bonchev–Trinajstić information content (AvgIpc) is 2.82. The van der Waals surface area contributed by atoms with E-state index in [4.69, 9.17) is 0 Å². The van der Waals surface area contributed by atoms with Gasteiger partial charge in [-0.15, -0.1) is 5.10 Å². The van der Waals surface area contributed by atoms with E-state index in [1.807, 2.05) is 48.0 Å². The third-order valence-electron chi connectivity index (χ3n) is 3.04. The van der Waals surface area contributed by atoms with E-state index in [0.717, 1.165) is 22.3 Å². The van der Waals surface area contributed by atoms with Gasteiger partial charge in [0.25, 0.3) is 0 Å². The molecule has 0 unspecified atom stereocenters. The van der Waals surface area contributed by atoms with Crippen molar-refractivity contribution >= 4 is 16.7 Å². The molecular weight excluding hydrogens is 234 g/mol. The lowest BCUT2D eigenvalue weighted by atomic mass is 10.0. The van der Waals surface area contributed by atoms with E-state index in [1.165, 1.54) is 0 Å². The Kier molecular flexibility index (Phi) is 3.95. The van der Waals surface area contributed by atoms with Gasteiger partial charge in [-0.25, -0.2) is 4.68 Å². The molecule has 0 amide bonds. The molecular formula is C16H19N3. The number of para-hydroxylation sites is 1. The maximum atomic E-state index is 4.28. The Morgan fingerprint density at radius 2 is 2.05 bits per heavy atom. The maximum absolute atomic E-state index is 4.28. The summed E-state index contributed by atoms with van der Waals surface area (Å²) >= 11 is 0. The lowest BCUT2D eigenvalue weighted by Gasteiger charge is -2.13. The summed E-state index contributed by atoms with van der Waals surface area (Å²) in [6.07, 6.45) is 5.96. The standard InChI is InChI=1S/C16H19N3/c1-5-9-15(13(6-2)12(3)4)19-16-11-8-7-10-14(16)17-18-19/h5-12H,2H2,1,3-4H3/b9-5-,15-13-. The molecule has 19 heavy (non-hydrogen) atoms. The zero-order valence-electron chi connectivity index (χ0n) is 11.7. The number of allylic oxidation sites excluding steroid dienone is 5. The number of benzene rings is 1. The van der Waals surface area contributed by atoms with Crippen molar-refractivity contribution in [2.75, 3.05) is 0 Å². The molecule has 0 N–H and O–H groups in total. The van der Waals surface area contributed by atoms with Gasteiger partial charge in [0.1, 0.15) is 5.52 Å². The van der Waals surface area contributed by atoms with Crippen LogP contribution in [0.2, 0.25) is 0 Å². The summed E-state index contributed by atoms with van der Waals surface area (Å²) in [5.41, 5.74) is 4.10. The highest BCUT2D eigenvalue weighted by Gasteiger charge is 2.11. The van der Waals surface area contributed by atoms with Crippen LogP contribution in [0.5, 0.6) is 0 Å². The molecule has 0 aliphatic carbocycles. The van der Waals surface area contributed by atoms with E-state index in [9.17, 15) is 0 Å². The minimum absolute atomic E-state index is 0.381. The summed E-state index contributed by atoms with van der Waals surface area (Å²) in [6.45, 7) is 10.2. The van der Waals surface area contributed by atoms with Crippen LogP contribution in [-0.2, 0) is 0 Å². The fraction of sp³-hybridized carbons (Fsp3) is 0.250. The third kappa shape index (κ3) is 2.50. The molecule has 0 aliphatic rings. The van der Waals surface area contributed by atoms with Crippen LogP contribution in [0.3, 0.4) is 0 Å². The Bertz CT molecular complexity index is 645. The fourth-order valence-corrected chi connectivity index (χ4v) is 2.13. The number of aromatic nitrogens is 3. The topological polar surface area (TPSA) is 30.7 Å². The Morgan fingerprint density at radius 1 is 1.32 bits per heavy atom. The van der Waals surface area contributed by atoms with Crippen molar-refractivity contribution in [2.24, 2.45) is 5.92 Å². The molecule has 1 aromatic heterocycles. The second-order valence-corrected chi connectivity index (χ2v) is 4.69. The Balaban J connectivity index is 2.72. The summed E-state index contributed by atoms with van der Waals surface area (Å²) < 4.78 is 1.88. The highest BCUT2D eigenvalue weighted by Crippen LogP contribution is 2.23. The summed E-state index contributed by atoms with van der Waals surface area (Å²) in [5, 5.41) is 8.48. The Morgan fingerprint density at radius 3 is 2.68 bits per heavy atom. The van der Waals surface area contributed by atoms with E-state index < -0.39 is 0 Å². The van der Waals surface area contributed by atoms with Crippen LogP contribution in [0.25, 0.3) is 16.7 Å². The summed E-state index contributed by atoms with van der Waals surface area (Å²) in [5.74, 6) is 0.381. The number of hydrogen-bond acceptors (Lipinski definition) is 2. The molecule has 98 valence electrons. The third-order valence-corrected chi connectivity index (χ3v) is 3.04. The van der Waals surface area contributed by atoms with Crippen LogP contribution in [0.4, 0.5) is 0 Å². The van der Waals surface area contributed by atoms with Gasteiger partial charge in [-0.05, 0) is 36.6 Å². The Hall–Kier alpha value is -2.16. The van der Waals surface area contributed by atoms with E-state index in [2.05, 4.69) is 36.8 Å². The minimum Gasteiger partial charge on any atom is -0.213 e. The molecule has 0 saturated heterocycles. The average molecular weight is 253 g/mol. The van der Waals surface area contributed by atoms with E-state index in [0.29, 0.717) is 5.92 Å². The molecule has 0 saturated carbocycles. The van der Waals surface area contributed by atoms with Crippen molar-refractivity contribution in [1.82, 2.24) is 15.0 Å². The first-order valence-electron chi connectivity index (χ1n) is 6.49. The molecule has 0 aliphatic heterocycles. The van der Waals surface area contributed by atoms with Gasteiger partial charge in [0.2, 0.25) is 0 Å². The molecule has 1 heterocycles. The van der Waals surface area contributed by atoms with E-state index >= 15 is 0 Å². The Labute approximate surface area is 113 Å². The number of fused-ring (bicyclic) bond motifs is 1. The van der Waals surface area contributed by atoms with Crippen LogP contribution < -0.4 is 0 Å². The van der Waals surface area contributed by atoms with Crippen LogP contribution in [-0.4, -0.2) is 15.0 Å². The molecule has 0 atom stereocenters. The van der Waals surface area contributed by atoms with Crippen molar-refractivity contribution in [3.05, 3.63) is 54.6 Å². The fourth-order valence-electron chi connectivity index (χ4n) is 2.13. The first kappa shape index (κ1) is 13.3. The molecule has 3 heteroatoms. The quantitative estimate of drug-likeness (QED) is 0.769. The van der Waals surface area contributed by atoms with Crippen molar-refractivity contribution in [2.45, 2.75) is 20.8 Å². The van der Waals surface area contributed by atoms with Gasteiger partial charge in [-0.1, -0.05) is 49.9 Å². The van der Waals surface area contributed by atoms with Gasteiger partial charge in [-0.3, -0.25) is 0 Å². The smallest absolute Gasteiger partial charge is 0.113 e. The van der Waals surface area contributed by atoms with Crippen LogP contribution in [0.1, 0.15) is 20.8 Å². The maximum Gasteiger partial charge on any atom is 0.113 e. The number of hydrogen-bond donors (Lipinski definition) is 0. The van der Waals surface area contributed by atoms with Crippen LogP contribution in [0, 0.1) is 5.92 Å². The van der Waals surface area contributed by atoms with Gasteiger partial charge in [0.15, 0.2) is 0 Å².